The Hall–Kier alpha value is 0.280. The minimum atomic E-state index is -0.629. The number of ether oxygens (including phenoxy) is 1. The van der Waals surface area contributed by atoms with Gasteiger partial charge in [-0.2, -0.15) is 0 Å². The van der Waals surface area contributed by atoms with Crippen molar-refractivity contribution < 1.29 is 9.84 Å². The SMILES string of the molecule is O[C@]1(COCc2nccs2)CCCC[C@@H]1I. The number of aromatic nitrogens is 1. The van der Waals surface area contributed by atoms with Gasteiger partial charge in [-0.25, -0.2) is 4.98 Å². The van der Waals surface area contributed by atoms with Gasteiger partial charge < -0.3 is 9.84 Å². The lowest BCUT2D eigenvalue weighted by molar-refractivity contribution is -0.0651. The van der Waals surface area contributed by atoms with Crippen LogP contribution >= 0.6 is 33.9 Å². The molecule has 2 atom stereocenters. The Labute approximate surface area is 113 Å². The van der Waals surface area contributed by atoms with Gasteiger partial charge in [-0.3, -0.25) is 0 Å². The minimum Gasteiger partial charge on any atom is -0.386 e. The summed E-state index contributed by atoms with van der Waals surface area (Å²) in [7, 11) is 0. The number of alkyl halides is 1. The summed E-state index contributed by atoms with van der Waals surface area (Å²) in [6.07, 6.45) is 6.06. The van der Waals surface area contributed by atoms with Crippen molar-refractivity contribution in [3.05, 3.63) is 16.6 Å². The molecule has 3 nitrogen and oxygen atoms in total. The van der Waals surface area contributed by atoms with Gasteiger partial charge in [0.15, 0.2) is 0 Å². The van der Waals surface area contributed by atoms with E-state index in [0.717, 1.165) is 24.3 Å². The Bertz CT molecular complexity index is 320. The van der Waals surface area contributed by atoms with Crippen molar-refractivity contribution in [2.24, 2.45) is 0 Å². The minimum absolute atomic E-state index is 0.315. The average Bonchev–Trinajstić information content (AvgIpc) is 2.76. The Balaban J connectivity index is 1.79. The fourth-order valence-electron chi connectivity index (χ4n) is 1.98. The molecular formula is C11H16INO2S. The van der Waals surface area contributed by atoms with E-state index in [1.54, 1.807) is 17.5 Å². The second-order valence-corrected chi connectivity index (χ2v) is 6.72. The van der Waals surface area contributed by atoms with Crippen molar-refractivity contribution in [3.8, 4) is 0 Å². The molecule has 0 amide bonds. The van der Waals surface area contributed by atoms with E-state index in [1.807, 2.05) is 5.38 Å². The van der Waals surface area contributed by atoms with E-state index in [9.17, 15) is 5.11 Å². The van der Waals surface area contributed by atoms with Crippen LogP contribution in [0.5, 0.6) is 0 Å². The van der Waals surface area contributed by atoms with E-state index in [-0.39, 0.29) is 0 Å². The molecule has 16 heavy (non-hydrogen) atoms. The second kappa shape index (κ2) is 5.75. The standard InChI is InChI=1S/C11H16INO2S/c12-9-3-1-2-4-11(9,14)8-15-7-10-13-5-6-16-10/h5-6,9,14H,1-4,7-8H2/t9-,11-/m0/s1. The van der Waals surface area contributed by atoms with E-state index in [4.69, 9.17) is 4.74 Å². The van der Waals surface area contributed by atoms with Crippen molar-refractivity contribution in [2.75, 3.05) is 6.61 Å². The van der Waals surface area contributed by atoms with Crippen LogP contribution in [-0.2, 0) is 11.3 Å². The largest absolute Gasteiger partial charge is 0.386 e. The van der Waals surface area contributed by atoms with Crippen molar-refractivity contribution in [2.45, 2.75) is 41.8 Å². The molecule has 0 aromatic carbocycles. The zero-order valence-corrected chi connectivity index (χ0v) is 12.0. The quantitative estimate of drug-likeness (QED) is 0.669. The summed E-state index contributed by atoms with van der Waals surface area (Å²) >= 11 is 3.94. The molecule has 1 aliphatic carbocycles. The van der Waals surface area contributed by atoms with Gasteiger partial charge in [0.1, 0.15) is 5.01 Å². The zero-order valence-electron chi connectivity index (χ0n) is 9.06. The Morgan fingerprint density at radius 3 is 3.19 bits per heavy atom. The van der Waals surface area contributed by atoms with Gasteiger partial charge in [-0.15, -0.1) is 11.3 Å². The lowest BCUT2D eigenvalue weighted by atomic mass is 9.85. The molecule has 0 radical (unpaired) electrons. The first-order chi connectivity index (χ1) is 7.71. The molecule has 0 bridgehead atoms. The lowest BCUT2D eigenvalue weighted by Gasteiger charge is -2.36. The molecule has 1 saturated carbocycles. The fraction of sp³-hybridized carbons (Fsp3) is 0.727. The van der Waals surface area contributed by atoms with Crippen LogP contribution in [-0.4, -0.2) is 26.2 Å². The summed E-state index contributed by atoms with van der Waals surface area (Å²) in [5, 5.41) is 13.3. The molecule has 1 aliphatic rings. The highest BCUT2D eigenvalue weighted by molar-refractivity contribution is 14.1. The number of aliphatic hydroxyl groups is 1. The number of rotatable bonds is 4. The molecule has 0 aliphatic heterocycles. The Morgan fingerprint density at radius 1 is 1.62 bits per heavy atom. The zero-order chi connectivity index (χ0) is 11.4. The highest BCUT2D eigenvalue weighted by Gasteiger charge is 2.37. The molecule has 1 N–H and O–H groups in total. The Kier molecular flexibility index (Phi) is 4.57. The van der Waals surface area contributed by atoms with Crippen LogP contribution in [0.4, 0.5) is 0 Å². The molecule has 2 rings (SSSR count). The van der Waals surface area contributed by atoms with Crippen LogP contribution < -0.4 is 0 Å². The summed E-state index contributed by atoms with van der Waals surface area (Å²) in [5.41, 5.74) is -0.629. The first-order valence-electron chi connectivity index (χ1n) is 5.53. The number of thiazole rings is 1. The van der Waals surface area contributed by atoms with Crippen molar-refractivity contribution in [3.63, 3.8) is 0 Å². The highest BCUT2D eigenvalue weighted by Crippen LogP contribution is 2.34. The van der Waals surface area contributed by atoms with Crippen LogP contribution in [0, 0.1) is 0 Å². The van der Waals surface area contributed by atoms with Gasteiger partial charge in [-0.1, -0.05) is 35.4 Å². The van der Waals surface area contributed by atoms with E-state index in [2.05, 4.69) is 27.6 Å². The first kappa shape index (κ1) is 12.7. The predicted octanol–water partition coefficient (Wildman–Crippen LogP) is 2.77. The van der Waals surface area contributed by atoms with Crippen LogP contribution in [0.15, 0.2) is 11.6 Å². The van der Waals surface area contributed by atoms with E-state index >= 15 is 0 Å². The molecule has 1 heterocycles. The van der Waals surface area contributed by atoms with Gasteiger partial charge in [0.05, 0.1) is 18.8 Å². The molecule has 1 aromatic rings. The second-order valence-electron chi connectivity index (χ2n) is 4.24. The number of hydrogen-bond donors (Lipinski definition) is 1. The van der Waals surface area contributed by atoms with Crippen LogP contribution in [0.2, 0.25) is 0 Å². The molecule has 0 spiro atoms. The molecular weight excluding hydrogens is 337 g/mol. The predicted molar refractivity (Wildman–Crippen MR) is 73.0 cm³/mol. The highest BCUT2D eigenvalue weighted by atomic mass is 127. The van der Waals surface area contributed by atoms with Crippen molar-refractivity contribution in [1.29, 1.82) is 0 Å². The van der Waals surface area contributed by atoms with E-state index < -0.39 is 5.60 Å². The van der Waals surface area contributed by atoms with Gasteiger partial charge in [0.25, 0.3) is 0 Å². The lowest BCUT2D eigenvalue weighted by Crippen LogP contribution is -2.45. The Morgan fingerprint density at radius 2 is 2.50 bits per heavy atom. The third kappa shape index (κ3) is 3.15. The average molecular weight is 353 g/mol. The number of hydrogen-bond acceptors (Lipinski definition) is 4. The summed E-state index contributed by atoms with van der Waals surface area (Å²) in [6, 6.07) is 0. The van der Waals surface area contributed by atoms with Gasteiger partial charge in [0.2, 0.25) is 0 Å². The monoisotopic (exact) mass is 353 g/mol. The molecule has 1 aromatic heterocycles. The summed E-state index contributed by atoms with van der Waals surface area (Å²) in [6.45, 7) is 0.948. The van der Waals surface area contributed by atoms with E-state index in [0.29, 0.717) is 17.1 Å². The fourth-order valence-corrected chi connectivity index (χ4v) is 3.47. The normalized spacial score (nSPS) is 30.5. The number of nitrogens with zero attached hydrogens (tertiary/aromatic N) is 1. The van der Waals surface area contributed by atoms with Crippen molar-refractivity contribution >= 4 is 33.9 Å². The van der Waals surface area contributed by atoms with E-state index in [1.165, 1.54) is 6.42 Å². The molecule has 5 heteroatoms. The molecule has 90 valence electrons. The third-order valence-electron chi connectivity index (χ3n) is 2.96. The smallest absolute Gasteiger partial charge is 0.118 e. The van der Waals surface area contributed by atoms with Crippen LogP contribution in [0.3, 0.4) is 0 Å². The maximum Gasteiger partial charge on any atom is 0.118 e. The topological polar surface area (TPSA) is 42.4 Å². The van der Waals surface area contributed by atoms with Crippen LogP contribution in [0.25, 0.3) is 0 Å². The van der Waals surface area contributed by atoms with Crippen LogP contribution in [0.1, 0.15) is 30.7 Å². The van der Waals surface area contributed by atoms with Gasteiger partial charge in [0, 0.05) is 15.5 Å². The summed E-state index contributed by atoms with van der Waals surface area (Å²) in [5.74, 6) is 0. The van der Waals surface area contributed by atoms with Crippen molar-refractivity contribution in [1.82, 2.24) is 4.98 Å². The number of halogens is 1. The first-order valence-corrected chi connectivity index (χ1v) is 7.66. The molecule has 1 fully saturated rings. The molecule has 0 unspecified atom stereocenters. The molecule has 0 saturated heterocycles. The summed E-state index contributed by atoms with van der Waals surface area (Å²) < 4.78 is 5.90. The maximum atomic E-state index is 10.4. The van der Waals surface area contributed by atoms with Gasteiger partial charge >= 0.3 is 0 Å². The third-order valence-corrected chi connectivity index (χ3v) is 5.50. The summed E-state index contributed by atoms with van der Waals surface area (Å²) in [4.78, 5) is 4.15. The maximum absolute atomic E-state index is 10.4. The van der Waals surface area contributed by atoms with Gasteiger partial charge in [-0.05, 0) is 12.8 Å².